The Morgan fingerprint density at radius 3 is 2.93 bits per heavy atom. The SMILES string of the molecule is CSC(=S)N(C)/N=C/c1cccc(C)n1. The molecule has 15 heavy (non-hydrogen) atoms. The molecule has 0 fully saturated rings. The molecule has 0 amide bonds. The van der Waals surface area contributed by atoms with Gasteiger partial charge >= 0.3 is 0 Å². The Hall–Kier alpha value is -0.940. The second-order valence-corrected chi connectivity index (χ2v) is 4.38. The van der Waals surface area contributed by atoms with E-state index in [1.54, 1.807) is 11.2 Å². The van der Waals surface area contributed by atoms with Crippen LogP contribution in [0, 0.1) is 6.92 Å². The van der Waals surface area contributed by atoms with Crippen molar-refractivity contribution < 1.29 is 0 Å². The lowest BCUT2D eigenvalue weighted by molar-refractivity contribution is 0.568. The third-order valence-corrected chi connectivity index (χ3v) is 3.09. The third-order valence-electron chi connectivity index (χ3n) is 1.71. The molecule has 3 nitrogen and oxygen atoms in total. The van der Waals surface area contributed by atoms with Gasteiger partial charge in [0, 0.05) is 12.7 Å². The summed E-state index contributed by atoms with van der Waals surface area (Å²) >= 11 is 6.57. The van der Waals surface area contributed by atoms with Gasteiger partial charge in [0.15, 0.2) is 4.32 Å². The number of nitrogens with zero attached hydrogens (tertiary/aromatic N) is 3. The summed E-state index contributed by atoms with van der Waals surface area (Å²) in [5, 5.41) is 5.85. The van der Waals surface area contributed by atoms with Crippen molar-refractivity contribution in [2.75, 3.05) is 13.3 Å². The number of hydrazone groups is 1. The van der Waals surface area contributed by atoms with Gasteiger partial charge in [-0.05, 0) is 25.3 Å². The fraction of sp³-hybridized carbons (Fsp3) is 0.300. The second-order valence-electron chi connectivity index (χ2n) is 2.94. The first-order chi connectivity index (χ1) is 7.13. The number of aryl methyl sites for hydroxylation is 1. The second kappa shape index (κ2) is 5.82. The van der Waals surface area contributed by atoms with Gasteiger partial charge in [-0.2, -0.15) is 5.10 Å². The molecule has 0 bridgehead atoms. The molecule has 0 atom stereocenters. The summed E-state index contributed by atoms with van der Waals surface area (Å²) < 4.78 is 0.735. The molecular formula is C10H13N3S2. The highest BCUT2D eigenvalue weighted by atomic mass is 32.2. The van der Waals surface area contributed by atoms with Gasteiger partial charge in [-0.25, -0.2) is 0 Å². The van der Waals surface area contributed by atoms with Gasteiger partial charge < -0.3 is 0 Å². The quantitative estimate of drug-likeness (QED) is 0.450. The van der Waals surface area contributed by atoms with Crippen molar-refractivity contribution in [3.05, 3.63) is 29.6 Å². The summed E-state index contributed by atoms with van der Waals surface area (Å²) in [7, 11) is 1.82. The van der Waals surface area contributed by atoms with Crippen molar-refractivity contribution in [1.82, 2.24) is 9.99 Å². The smallest absolute Gasteiger partial charge is 0.156 e. The highest BCUT2D eigenvalue weighted by Crippen LogP contribution is 2.03. The number of aromatic nitrogens is 1. The van der Waals surface area contributed by atoms with E-state index >= 15 is 0 Å². The highest BCUT2D eigenvalue weighted by molar-refractivity contribution is 8.22. The van der Waals surface area contributed by atoms with Gasteiger partial charge in [0.05, 0.1) is 11.9 Å². The van der Waals surface area contributed by atoms with Crippen LogP contribution in [0.2, 0.25) is 0 Å². The molecule has 0 saturated carbocycles. The van der Waals surface area contributed by atoms with E-state index < -0.39 is 0 Å². The van der Waals surface area contributed by atoms with E-state index in [0.29, 0.717) is 0 Å². The van der Waals surface area contributed by atoms with E-state index in [0.717, 1.165) is 15.7 Å². The maximum atomic E-state index is 5.07. The fourth-order valence-corrected chi connectivity index (χ4v) is 1.32. The molecule has 0 aliphatic heterocycles. The van der Waals surface area contributed by atoms with Gasteiger partial charge in [-0.1, -0.05) is 30.0 Å². The van der Waals surface area contributed by atoms with Crippen LogP contribution < -0.4 is 0 Å². The third kappa shape index (κ3) is 3.97. The van der Waals surface area contributed by atoms with Crippen LogP contribution in [0.5, 0.6) is 0 Å². The van der Waals surface area contributed by atoms with E-state index in [9.17, 15) is 0 Å². The van der Waals surface area contributed by atoms with Crippen LogP contribution in [0.3, 0.4) is 0 Å². The largest absolute Gasteiger partial charge is 0.252 e. The predicted octanol–water partition coefficient (Wildman–Crippen LogP) is 2.30. The number of pyridine rings is 1. The van der Waals surface area contributed by atoms with Gasteiger partial charge in [-0.3, -0.25) is 9.99 Å². The summed E-state index contributed by atoms with van der Waals surface area (Å²) in [6, 6.07) is 5.82. The van der Waals surface area contributed by atoms with Crippen molar-refractivity contribution in [3.8, 4) is 0 Å². The van der Waals surface area contributed by atoms with Crippen molar-refractivity contribution in [1.29, 1.82) is 0 Å². The standard InChI is InChI=1S/C10H13N3S2/c1-8-5-4-6-9(12-8)7-11-13(2)10(14)15-3/h4-7H,1-3H3/b11-7+. The zero-order chi connectivity index (χ0) is 11.3. The number of hydrogen-bond acceptors (Lipinski definition) is 4. The van der Waals surface area contributed by atoms with Crippen LogP contribution in [-0.4, -0.2) is 33.8 Å². The van der Waals surface area contributed by atoms with Crippen LogP contribution in [0.15, 0.2) is 23.3 Å². The molecule has 5 heteroatoms. The van der Waals surface area contributed by atoms with Crippen LogP contribution in [0.25, 0.3) is 0 Å². The fourth-order valence-electron chi connectivity index (χ4n) is 0.961. The van der Waals surface area contributed by atoms with Gasteiger partial charge in [0.2, 0.25) is 0 Å². The molecule has 0 N–H and O–H groups in total. The summed E-state index contributed by atoms with van der Waals surface area (Å²) in [4.78, 5) is 4.30. The Balaban J connectivity index is 2.69. The molecule has 0 unspecified atom stereocenters. The molecule has 0 aromatic carbocycles. The highest BCUT2D eigenvalue weighted by Gasteiger charge is 1.98. The summed E-state index contributed by atoms with van der Waals surface area (Å²) in [5.74, 6) is 0. The molecule has 1 aromatic rings. The first kappa shape index (κ1) is 12.1. The topological polar surface area (TPSA) is 28.5 Å². The van der Waals surface area contributed by atoms with Crippen LogP contribution in [0.4, 0.5) is 0 Å². The van der Waals surface area contributed by atoms with Gasteiger partial charge in [0.1, 0.15) is 0 Å². The molecule has 0 aliphatic rings. The zero-order valence-corrected chi connectivity index (χ0v) is 10.6. The lowest BCUT2D eigenvalue weighted by atomic mass is 10.3. The Kier molecular flexibility index (Phi) is 4.71. The first-order valence-electron chi connectivity index (χ1n) is 4.43. The molecule has 0 spiro atoms. The Bertz CT molecular complexity index is 377. The molecule has 80 valence electrons. The Morgan fingerprint density at radius 2 is 2.33 bits per heavy atom. The molecule has 0 radical (unpaired) electrons. The maximum Gasteiger partial charge on any atom is 0.156 e. The summed E-state index contributed by atoms with van der Waals surface area (Å²) in [6.07, 6.45) is 3.63. The molecule has 0 aliphatic carbocycles. The van der Waals surface area contributed by atoms with Crippen LogP contribution >= 0.6 is 24.0 Å². The van der Waals surface area contributed by atoms with Crippen molar-refractivity contribution in [3.63, 3.8) is 0 Å². The van der Waals surface area contributed by atoms with Gasteiger partial charge in [0.25, 0.3) is 0 Å². The Labute approximate surface area is 99.6 Å². The number of rotatable bonds is 2. The normalized spacial score (nSPS) is 10.6. The monoisotopic (exact) mass is 239 g/mol. The minimum atomic E-state index is 0.735. The van der Waals surface area contributed by atoms with E-state index in [4.69, 9.17) is 12.2 Å². The van der Waals surface area contributed by atoms with Crippen molar-refractivity contribution >= 4 is 34.5 Å². The number of thiocarbonyl (C=S) groups is 1. The van der Waals surface area contributed by atoms with Gasteiger partial charge in [-0.15, -0.1) is 0 Å². The molecule has 0 saturated heterocycles. The van der Waals surface area contributed by atoms with E-state index in [1.807, 2.05) is 38.4 Å². The van der Waals surface area contributed by atoms with Crippen LogP contribution in [0.1, 0.15) is 11.4 Å². The van der Waals surface area contributed by atoms with Crippen molar-refractivity contribution in [2.45, 2.75) is 6.92 Å². The van der Waals surface area contributed by atoms with E-state index in [1.165, 1.54) is 11.8 Å². The first-order valence-corrected chi connectivity index (χ1v) is 6.06. The summed E-state index contributed by atoms with van der Waals surface area (Å²) in [5.41, 5.74) is 1.82. The number of hydrogen-bond donors (Lipinski definition) is 0. The Morgan fingerprint density at radius 1 is 1.60 bits per heavy atom. The summed E-state index contributed by atoms with van der Waals surface area (Å²) in [6.45, 7) is 1.95. The molecule has 1 aromatic heterocycles. The predicted molar refractivity (Wildman–Crippen MR) is 70.4 cm³/mol. The maximum absolute atomic E-state index is 5.07. The average molecular weight is 239 g/mol. The van der Waals surface area contributed by atoms with E-state index in [2.05, 4.69) is 10.1 Å². The van der Waals surface area contributed by atoms with E-state index in [-0.39, 0.29) is 0 Å². The van der Waals surface area contributed by atoms with Crippen molar-refractivity contribution in [2.24, 2.45) is 5.10 Å². The minimum Gasteiger partial charge on any atom is -0.252 e. The molecule has 1 rings (SSSR count). The lowest BCUT2D eigenvalue weighted by Gasteiger charge is -2.10. The molecule has 1 heterocycles. The lowest BCUT2D eigenvalue weighted by Crippen LogP contribution is -2.15. The zero-order valence-electron chi connectivity index (χ0n) is 8.97. The average Bonchev–Trinajstić information content (AvgIpc) is 2.25. The minimum absolute atomic E-state index is 0.735. The number of thioether (sulfide) groups is 1. The van der Waals surface area contributed by atoms with Crippen LogP contribution in [-0.2, 0) is 0 Å². The molecular weight excluding hydrogens is 226 g/mol.